The average molecular weight is 462 g/mol. The summed E-state index contributed by atoms with van der Waals surface area (Å²) in [6.45, 7) is 4.09. The molecule has 0 aromatic rings. The first kappa shape index (κ1) is 31.7. The van der Waals surface area contributed by atoms with E-state index in [4.69, 9.17) is 0 Å². The number of hydrogen-bond donors (Lipinski definition) is 0. The molecule has 174 valence electrons. The zero-order valence-corrected chi connectivity index (χ0v) is 14.8. The lowest BCUT2D eigenvalue weighted by Gasteiger charge is -2.04. The van der Waals surface area contributed by atoms with Crippen molar-refractivity contribution in [1.29, 1.82) is 0 Å². The monoisotopic (exact) mass is 462 g/mol. The van der Waals surface area contributed by atoms with Crippen molar-refractivity contribution >= 4 is 17.9 Å². The van der Waals surface area contributed by atoms with Crippen molar-refractivity contribution < 1.29 is 68.1 Å². The van der Waals surface area contributed by atoms with Crippen molar-refractivity contribution in [3.05, 3.63) is 38.0 Å². The molecule has 0 saturated carbocycles. The predicted octanol–water partition coefficient (Wildman–Crippen LogP) is 3.83. The molecule has 0 aliphatic carbocycles. The van der Waals surface area contributed by atoms with E-state index in [1.54, 1.807) is 0 Å². The highest BCUT2D eigenvalue weighted by Crippen LogP contribution is 2.15. The maximum atomic E-state index is 11.2. The van der Waals surface area contributed by atoms with Crippen LogP contribution in [-0.2, 0) is 28.6 Å². The van der Waals surface area contributed by atoms with E-state index in [0.717, 1.165) is 0 Å². The Hall–Kier alpha value is -3.00. The van der Waals surface area contributed by atoms with Gasteiger partial charge in [-0.25, -0.2) is 14.4 Å². The number of ether oxygens (including phenoxy) is 3. The Morgan fingerprint density at radius 1 is 0.533 bits per heavy atom. The average Bonchev–Trinajstić information content (AvgIpc) is 2.61. The Morgan fingerprint density at radius 2 is 0.700 bits per heavy atom. The molecule has 0 aliphatic rings. The van der Waals surface area contributed by atoms with Crippen LogP contribution in [0.25, 0.3) is 0 Å². The minimum atomic E-state index is -4.46. The fourth-order valence-corrected chi connectivity index (χ4v) is 0.636. The third-order valence-corrected chi connectivity index (χ3v) is 1.63. The topological polar surface area (TPSA) is 78.9 Å². The largest absolute Gasteiger partial charge is 0.453 e. The molecule has 0 saturated heterocycles. The van der Waals surface area contributed by atoms with Crippen LogP contribution in [0.15, 0.2) is 38.0 Å². The standard InChI is InChI=1S/3C5H5F3O2/c3*1-2-4(9)10-3-5(6,7)8/h3*2H,1,3H2. The van der Waals surface area contributed by atoms with Gasteiger partial charge < -0.3 is 14.2 Å². The molecule has 0 radical (unpaired) electrons. The molecule has 30 heavy (non-hydrogen) atoms. The molecule has 0 aromatic heterocycles. The molecule has 0 spiro atoms. The van der Waals surface area contributed by atoms with Crippen molar-refractivity contribution in [2.75, 3.05) is 19.8 Å². The molecule has 0 N–H and O–H groups in total. The third kappa shape index (κ3) is 32.7. The lowest BCUT2D eigenvalue weighted by molar-refractivity contribution is -0.182. The van der Waals surface area contributed by atoms with Gasteiger partial charge in [-0.3, -0.25) is 0 Å². The molecular formula is C15H15F9O6. The molecule has 0 atom stereocenters. The number of rotatable bonds is 6. The number of hydrogen-bond acceptors (Lipinski definition) is 6. The van der Waals surface area contributed by atoms with E-state index in [1.165, 1.54) is 0 Å². The molecule has 6 nitrogen and oxygen atoms in total. The van der Waals surface area contributed by atoms with Gasteiger partial charge in [-0.05, 0) is 0 Å². The van der Waals surface area contributed by atoms with Crippen LogP contribution in [0.3, 0.4) is 0 Å². The van der Waals surface area contributed by atoms with E-state index in [9.17, 15) is 53.9 Å². The number of alkyl halides is 9. The van der Waals surface area contributed by atoms with Crippen LogP contribution in [-0.4, -0.2) is 56.3 Å². The van der Waals surface area contributed by atoms with Crippen LogP contribution in [0.5, 0.6) is 0 Å². The molecule has 0 aromatic carbocycles. The maximum absolute atomic E-state index is 11.2. The second-order valence-electron chi connectivity index (χ2n) is 4.28. The summed E-state index contributed by atoms with van der Waals surface area (Å²) in [6, 6.07) is 0. The molecule has 0 heterocycles. The normalized spacial score (nSPS) is 10.7. The number of carbonyl (C=O) groups is 3. The van der Waals surface area contributed by atoms with Crippen LogP contribution < -0.4 is 0 Å². The fraction of sp³-hybridized carbons (Fsp3) is 0.400. The lowest BCUT2D eigenvalue weighted by atomic mass is 10.6. The lowest BCUT2D eigenvalue weighted by Crippen LogP contribution is -2.19. The summed E-state index contributed by atoms with van der Waals surface area (Å²) in [4.78, 5) is 30.1. The van der Waals surface area contributed by atoms with Gasteiger partial charge in [0.05, 0.1) is 0 Å². The summed E-state index contributed by atoms with van der Waals surface area (Å²) in [5.74, 6) is -3.22. The van der Waals surface area contributed by atoms with E-state index in [-0.39, 0.29) is 0 Å². The van der Waals surface area contributed by atoms with Gasteiger partial charge in [0, 0.05) is 18.2 Å². The maximum Gasteiger partial charge on any atom is 0.422 e. The minimum Gasteiger partial charge on any atom is -0.453 e. The second-order valence-corrected chi connectivity index (χ2v) is 4.28. The van der Waals surface area contributed by atoms with Crippen molar-refractivity contribution in [2.45, 2.75) is 18.5 Å². The summed E-state index contributed by atoms with van der Waals surface area (Å²) in [5.41, 5.74) is 0. The Bertz CT molecular complexity index is 496. The zero-order chi connectivity index (χ0) is 24.6. The quantitative estimate of drug-likeness (QED) is 0.259. The fourth-order valence-electron chi connectivity index (χ4n) is 0.636. The van der Waals surface area contributed by atoms with E-state index in [0.29, 0.717) is 18.2 Å². The van der Waals surface area contributed by atoms with Gasteiger partial charge in [0.2, 0.25) is 0 Å². The second kappa shape index (κ2) is 14.9. The van der Waals surface area contributed by atoms with Gasteiger partial charge in [0.25, 0.3) is 0 Å². The summed E-state index contributed by atoms with van der Waals surface area (Å²) in [7, 11) is 0. The van der Waals surface area contributed by atoms with Gasteiger partial charge in [0.1, 0.15) is 0 Å². The third-order valence-electron chi connectivity index (χ3n) is 1.63. The Morgan fingerprint density at radius 3 is 0.800 bits per heavy atom. The van der Waals surface area contributed by atoms with Gasteiger partial charge in [0.15, 0.2) is 19.8 Å². The predicted molar refractivity (Wildman–Crippen MR) is 81.6 cm³/mol. The first-order valence-electron chi connectivity index (χ1n) is 6.94. The SMILES string of the molecule is C=CC(=O)OCC(F)(F)F.C=CC(=O)OCC(F)(F)F.C=CC(=O)OCC(F)(F)F. The highest BCUT2D eigenvalue weighted by molar-refractivity contribution is 5.81. The first-order valence-corrected chi connectivity index (χ1v) is 6.94. The van der Waals surface area contributed by atoms with E-state index in [2.05, 4.69) is 33.9 Å². The molecule has 0 amide bonds. The van der Waals surface area contributed by atoms with Crippen molar-refractivity contribution in [3.63, 3.8) is 0 Å². The van der Waals surface area contributed by atoms with Gasteiger partial charge >= 0.3 is 36.4 Å². The van der Waals surface area contributed by atoms with Gasteiger partial charge in [-0.1, -0.05) is 19.7 Å². The molecule has 0 rings (SSSR count). The van der Waals surface area contributed by atoms with Crippen molar-refractivity contribution in [1.82, 2.24) is 0 Å². The Labute approximate surface area is 163 Å². The number of esters is 3. The van der Waals surface area contributed by atoms with Crippen LogP contribution in [0, 0.1) is 0 Å². The molecular weight excluding hydrogens is 447 g/mol. The van der Waals surface area contributed by atoms with Crippen LogP contribution in [0.4, 0.5) is 39.5 Å². The minimum absolute atomic E-state index is 0.672. The highest BCUT2D eigenvalue weighted by atomic mass is 19.4. The van der Waals surface area contributed by atoms with E-state index < -0.39 is 56.3 Å². The smallest absolute Gasteiger partial charge is 0.422 e. The summed E-state index contributed by atoms with van der Waals surface area (Å²) >= 11 is 0. The molecule has 0 bridgehead atoms. The van der Waals surface area contributed by atoms with Crippen LogP contribution >= 0.6 is 0 Å². The van der Waals surface area contributed by atoms with Gasteiger partial charge in [-0.15, -0.1) is 0 Å². The Kier molecular flexibility index (Phi) is 15.8. The van der Waals surface area contributed by atoms with Crippen LogP contribution in [0.2, 0.25) is 0 Å². The molecule has 15 heteroatoms. The molecule has 0 fully saturated rings. The van der Waals surface area contributed by atoms with E-state index >= 15 is 0 Å². The van der Waals surface area contributed by atoms with Crippen molar-refractivity contribution in [3.8, 4) is 0 Å². The summed E-state index contributed by atoms with van der Waals surface area (Å²) in [5, 5.41) is 0. The number of halogens is 9. The number of carbonyl (C=O) groups excluding carboxylic acids is 3. The van der Waals surface area contributed by atoms with Crippen LogP contribution in [0.1, 0.15) is 0 Å². The summed E-state index contributed by atoms with van der Waals surface area (Å²) < 4.78 is 112. The van der Waals surface area contributed by atoms with Crippen molar-refractivity contribution in [2.24, 2.45) is 0 Å². The zero-order valence-electron chi connectivity index (χ0n) is 14.8. The van der Waals surface area contributed by atoms with Gasteiger partial charge in [-0.2, -0.15) is 39.5 Å². The first-order chi connectivity index (χ1) is 13.4. The van der Waals surface area contributed by atoms with E-state index in [1.807, 2.05) is 0 Å². The molecule has 0 unspecified atom stereocenters. The highest BCUT2D eigenvalue weighted by Gasteiger charge is 2.30. The Balaban J connectivity index is -0.000000364. The molecule has 0 aliphatic heterocycles. The summed E-state index contributed by atoms with van der Waals surface area (Å²) in [6.07, 6.45) is -11.4.